The van der Waals surface area contributed by atoms with Crippen molar-refractivity contribution in [1.82, 2.24) is 9.78 Å². The predicted octanol–water partition coefficient (Wildman–Crippen LogP) is 3.21. The summed E-state index contributed by atoms with van der Waals surface area (Å²) in [5, 5.41) is 7.89. The molecule has 2 aromatic rings. The minimum absolute atomic E-state index is 0.847. The molecule has 0 saturated carbocycles. The van der Waals surface area contributed by atoms with Crippen LogP contribution in [-0.2, 0) is 20.0 Å². The van der Waals surface area contributed by atoms with Gasteiger partial charge >= 0.3 is 0 Å². The highest BCUT2D eigenvalue weighted by molar-refractivity contribution is 5.47. The van der Waals surface area contributed by atoms with Crippen molar-refractivity contribution in [2.75, 3.05) is 5.32 Å². The standard InChI is InChI=1S/C15H21N3/c1-5-14-15(10-18(4)17-14)16-9-13-7-6-11(2)12(3)8-13/h6-8,10,16H,5,9H2,1-4H3. The van der Waals surface area contributed by atoms with Crippen LogP contribution in [-0.4, -0.2) is 9.78 Å². The minimum Gasteiger partial charge on any atom is -0.378 e. The third-order valence-electron chi connectivity index (χ3n) is 3.29. The molecule has 0 fully saturated rings. The number of hydrogen-bond acceptors (Lipinski definition) is 2. The van der Waals surface area contributed by atoms with E-state index >= 15 is 0 Å². The number of anilines is 1. The lowest BCUT2D eigenvalue weighted by molar-refractivity contribution is 0.746. The van der Waals surface area contributed by atoms with Crippen molar-refractivity contribution in [3.8, 4) is 0 Å². The zero-order valence-corrected chi connectivity index (χ0v) is 11.6. The first kappa shape index (κ1) is 12.7. The molecule has 1 aromatic carbocycles. The monoisotopic (exact) mass is 243 g/mol. The molecule has 3 nitrogen and oxygen atoms in total. The SMILES string of the molecule is CCc1nn(C)cc1NCc1ccc(C)c(C)c1. The Kier molecular flexibility index (Phi) is 3.70. The molecule has 0 atom stereocenters. The molecule has 3 heteroatoms. The summed E-state index contributed by atoms with van der Waals surface area (Å²) < 4.78 is 1.86. The van der Waals surface area contributed by atoms with Crippen molar-refractivity contribution in [2.24, 2.45) is 7.05 Å². The van der Waals surface area contributed by atoms with Crippen molar-refractivity contribution in [3.63, 3.8) is 0 Å². The highest BCUT2D eigenvalue weighted by atomic mass is 15.3. The second kappa shape index (κ2) is 5.25. The van der Waals surface area contributed by atoms with Crippen LogP contribution in [0.4, 0.5) is 5.69 Å². The Morgan fingerprint density at radius 1 is 1.22 bits per heavy atom. The van der Waals surface area contributed by atoms with Crippen LogP contribution in [0.2, 0.25) is 0 Å². The van der Waals surface area contributed by atoms with Gasteiger partial charge in [-0.1, -0.05) is 25.1 Å². The van der Waals surface area contributed by atoms with Crippen LogP contribution in [0.15, 0.2) is 24.4 Å². The molecule has 18 heavy (non-hydrogen) atoms. The van der Waals surface area contributed by atoms with Gasteiger partial charge in [0.2, 0.25) is 0 Å². The van der Waals surface area contributed by atoms with E-state index in [2.05, 4.69) is 49.4 Å². The lowest BCUT2D eigenvalue weighted by Gasteiger charge is -2.08. The molecule has 0 aliphatic carbocycles. The van der Waals surface area contributed by atoms with Gasteiger partial charge in [0.25, 0.3) is 0 Å². The lowest BCUT2D eigenvalue weighted by atomic mass is 10.1. The molecular formula is C15H21N3. The molecule has 1 aromatic heterocycles. The van der Waals surface area contributed by atoms with Gasteiger partial charge < -0.3 is 5.32 Å². The summed E-state index contributed by atoms with van der Waals surface area (Å²) >= 11 is 0. The third-order valence-corrected chi connectivity index (χ3v) is 3.29. The Hall–Kier alpha value is -1.77. The molecule has 1 heterocycles. The number of nitrogens with one attached hydrogen (secondary N) is 1. The quantitative estimate of drug-likeness (QED) is 0.893. The average Bonchev–Trinajstić information content (AvgIpc) is 2.71. The van der Waals surface area contributed by atoms with E-state index in [0.717, 1.165) is 24.3 Å². The highest BCUT2D eigenvalue weighted by Crippen LogP contribution is 2.16. The molecule has 96 valence electrons. The summed E-state index contributed by atoms with van der Waals surface area (Å²) in [5.74, 6) is 0. The van der Waals surface area contributed by atoms with Gasteiger partial charge in [-0.05, 0) is 37.0 Å². The number of aryl methyl sites for hydroxylation is 4. The number of aromatic nitrogens is 2. The number of hydrogen-bond donors (Lipinski definition) is 1. The van der Waals surface area contributed by atoms with Gasteiger partial charge in [0.05, 0.1) is 11.4 Å². The van der Waals surface area contributed by atoms with E-state index in [4.69, 9.17) is 0 Å². The molecule has 0 unspecified atom stereocenters. The molecule has 0 saturated heterocycles. The maximum absolute atomic E-state index is 4.43. The molecule has 2 rings (SSSR count). The van der Waals surface area contributed by atoms with Crippen molar-refractivity contribution < 1.29 is 0 Å². The van der Waals surface area contributed by atoms with Crippen LogP contribution in [0.3, 0.4) is 0 Å². The van der Waals surface area contributed by atoms with Crippen LogP contribution < -0.4 is 5.32 Å². The average molecular weight is 243 g/mol. The topological polar surface area (TPSA) is 29.9 Å². The smallest absolute Gasteiger partial charge is 0.0853 e. The maximum atomic E-state index is 4.43. The molecule has 0 amide bonds. The van der Waals surface area contributed by atoms with Gasteiger partial charge in [-0.2, -0.15) is 5.10 Å². The van der Waals surface area contributed by atoms with Crippen molar-refractivity contribution in [3.05, 3.63) is 46.8 Å². The summed E-state index contributed by atoms with van der Waals surface area (Å²) in [6.07, 6.45) is 3.00. The minimum atomic E-state index is 0.847. The van der Waals surface area contributed by atoms with E-state index < -0.39 is 0 Å². The summed E-state index contributed by atoms with van der Waals surface area (Å²) in [7, 11) is 1.96. The molecule has 0 spiro atoms. The van der Waals surface area contributed by atoms with Crippen LogP contribution in [0, 0.1) is 13.8 Å². The van der Waals surface area contributed by atoms with Gasteiger partial charge in [0.15, 0.2) is 0 Å². The van der Waals surface area contributed by atoms with E-state index in [1.807, 2.05) is 17.9 Å². The van der Waals surface area contributed by atoms with Crippen molar-refractivity contribution in [2.45, 2.75) is 33.7 Å². The summed E-state index contributed by atoms with van der Waals surface area (Å²) in [4.78, 5) is 0. The zero-order valence-electron chi connectivity index (χ0n) is 11.6. The maximum Gasteiger partial charge on any atom is 0.0853 e. The number of benzene rings is 1. The highest BCUT2D eigenvalue weighted by Gasteiger charge is 2.05. The first-order chi connectivity index (χ1) is 8.60. The number of rotatable bonds is 4. The lowest BCUT2D eigenvalue weighted by Crippen LogP contribution is -2.01. The van der Waals surface area contributed by atoms with E-state index in [1.165, 1.54) is 16.7 Å². The Bertz CT molecular complexity index is 541. The van der Waals surface area contributed by atoms with E-state index in [1.54, 1.807) is 0 Å². The molecule has 1 N–H and O–H groups in total. The fourth-order valence-corrected chi connectivity index (χ4v) is 2.05. The third kappa shape index (κ3) is 2.73. The largest absolute Gasteiger partial charge is 0.378 e. The Morgan fingerprint density at radius 2 is 2.00 bits per heavy atom. The van der Waals surface area contributed by atoms with Gasteiger partial charge in [0, 0.05) is 19.8 Å². The second-order valence-electron chi connectivity index (χ2n) is 4.79. The van der Waals surface area contributed by atoms with Crippen LogP contribution in [0.25, 0.3) is 0 Å². The van der Waals surface area contributed by atoms with Crippen LogP contribution in [0.1, 0.15) is 29.3 Å². The first-order valence-electron chi connectivity index (χ1n) is 6.42. The summed E-state index contributed by atoms with van der Waals surface area (Å²) in [5.41, 5.74) is 6.26. The van der Waals surface area contributed by atoms with E-state index in [9.17, 15) is 0 Å². The van der Waals surface area contributed by atoms with Gasteiger partial charge in [0.1, 0.15) is 0 Å². The van der Waals surface area contributed by atoms with Crippen molar-refractivity contribution in [1.29, 1.82) is 0 Å². The Morgan fingerprint density at radius 3 is 2.67 bits per heavy atom. The van der Waals surface area contributed by atoms with Gasteiger partial charge in [-0.15, -0.1) is 0 Å². The Labute approximate surface area is 109 Å². The Balaban J connectivity index is 2.08. The van der Waals surface area contributed by atoms with Crippen molar-refractivity contribution >= 4 is 5.69 Å². The molecule has 0 aliphatic rings. The van der Waals surface area contributed by atoms with E-state index in [0.29, 0.717) is 0 Å². The molecule has 0 aliphatic heterocycles. The second-order valence-corrected chi connectivity index (χ2v) is 4.79. The molecular weight excluding hydrogens is 222 g/mol. The number of nitrogens with zero attached hydrogens (tertiary/aromatic N) is 2. The normalized spacial score (nSPS) is 10.7. The zero-order chi connectivity index (χ0) is 13.1. The predicted molar refractivity (Wildman–Crippen MR) is 75.8 cm³/mol. The molecule has 0 radical (unpaired) electrons. The molecule has 0 bridgehead atoms. The van der Waals surface area contributed by atoms with Gasteiger partial charge in [-0.3, -0.25) is 4.68 Å². The fraction of sp³-hybridized carbons (Fsp3) is 0.400. The fourth-order valence-electron chi connectivity index (χ4n) is 2.05. The van der Waals surface area contributed by atoms with Crippen LogP contribution in [0.5, 0.6) is 0 Å². The van der Waals surface area contributed by atoms with Gasteiger partial charge in [-0.25, -0.2) is 0 Å². The summed E-state index contributed by atoms with van der Waals surface area (Å²) in [6.45, 7) is 7.27. The first-order valence-corrected chi connectivity index (χ1v) is 6.42. The summed E-state index contributed by atoms with van der Waals surface area (Å²) in [6, 6.07) is 6.60. The van der Waals surface area contributed by atoms with Crippen LogP contribution >= 0.6 is 0 Å². The van der Waals surface area contributed by atoms with E-state index in [-0.39, 0.29) is 0 Å².